The number of fused-ring (bicyclic) bond motifs is 1. The van der Waals surface area contributed by atoms with E-state index in [0.29, 0.717) is 23.3 Å². The first-order valence-electron chi connectivity index (χ1n) is 13.0. The van der Waals surface area contributed by atoms with Gasteiger partial charge in [0.2, 0.25) is 5.95 Å². The van der Waals surface area contributed by atoms with Crippen LogP contribution in [0, 0.1) is 0 Å². The summed E-state index contributed by atoms with van der Waals surface area (Å²) >= 11 is 0. The highest BCUT2D eigenvalue weighted by molar-refractivity contribution is 5.93. The molecule has 5 rings (SSSR count). The van der Waals surface area contributed by atoms with Crippen molar-refractivity contribution in [3.63, 3.8) is 0 Å². The second-order valence-electron chi connectivity index (χ2n) is 10.0. The normalized spacial score (nSPS) is 19.2. The second-order valence-corrected chi connectivity index (χ2v) is 10.0. The summed E-state index contributed by atoms with van der Waals surface area (Å²) in [5.41, 5.74) is 6.84. The van der Waals surface area contributed by atoms with Gasteiger partial charge < -0.3 is 15.1 Å². The van der Waals surface area contributed by atoms with Gasteiger partial charge in [-0.2, -0.15) is 10.5 Å². The minimum atomic E-state index is -0.250. The molecule has 1 fully saturated rings. The van der Waals surface area contributed by atoms with Gasteiger partial charge in [-0.15, -0.1) is 0 Å². The molecule has 1 saturated carbocycles. The lowest BCUT2D eigenvalue weighted by molar-refractivity contribution is 0.0756. The highest BCUT2D eigenvalue weighted by atomic mass is 16.7. The molecule has 2 aliphatic carbocycles. The number of rotatable bonds is 7. The van der Waals surface area contributed by atoms with Gasteiger partial charge in [0.1, 0.15) is 5.82 Å². The molecule has 2 aromatic carbocycles. The Kier molecular flexibility index (Phi) is 7.35. The van der Waals surface area contributed by atoms with E-state index in [4.69, 9.17) is 14.8 Å². The number of para-hydroxylation sites is 1. The van der Waals surface area contributed by atoms with Gasteiger partial charge in [-0.25, -0.2) is 4.98 Å². The van der Waals surface area contributed by atoms with Crippen LogP contribution in [0.4, 0.5) is 11.8 Å². The average Bonchev–Trinajstić information content (AvgIpc) is 2.92. The molecule has 7 nitrogen and oxygen atoms in total. The molecule has 0 spiro atoms. The molecule has 0 radical (unpaired) electrons. The maximum atomic E-state index is 12.4. The van der Waals surface area contributed by atoms with Crippen LogP contribution in [0.3, 0.4) is 0 Å². The van der Waals surface area contributed by atoms with Gasteiger partial charge in [0.25, 0.3) is 5.91 Å². The molecule has 0 unspecified atom stereocenters. The summed E-state index contributed by atoms with van der Waals surface area (Å²) in [5, 5.41) is 3.63. The van der Waals surface area contributed by atoms with Crippen molar-refractivity contribution in [3.8, 4) is 5.75 Å². The zero-order chi connectivity index (χ0) is 24.9. The molecule has 0 bridgehead atoms. The number of carbonyl (C=O) groups is 1. The average molecular weight is 486 g/mol. The van der Waals surface area contributed by atoms with Crippen LogP contribution in [-0.2, 0) is 12.8 Å². The van der Waals surface area contributed by atoms with Crippen LogP contribution in [0.1, 0.15) is 71.6 Å². The number of benzene rings is 2. The van der Waals surface area contributed by atoms with Crippen molar-refractivity contribution in [2.45, 2.75) is 63.3 Å². The van der Waals surface area contributed by atoms with Crippen LogP contribution in [0.25, 0.3) is 0 Å². The lowest BCUT2D eigenvalue weighted by Gasteiger charge is -2.31. The summed E-state index contributed by atoms with van der Waals surface area (Å²) in [4.78, 5) is 30.1. The Bertz CT molecular complexity index is 1190. The van der Waals surface area contributed by atoms with E-state index >= 15 is 0 Å². The van der Waals surface area contributed by atoms with E-state index in [9.17, 15) is 4.79 Å². The predicted octanol–water partition coefficient (Wildman–Crippen LogP) is 5.28. The van der Waals surface area contributed by atoms with Crippen molar-refractivity contribution in [1.82, 2.24) is 15.4 Å². The molecular formula is C29H35N5O2. The summed E-state index contributed by atoms with van der Waals surface area (Å²) in [7, 11) is 4.13. The Morgan fingerprint density at radius 3 is 2.42 bits per heavy atom. The van der Waals surface area contributed by atoms with Crippen LogP contribution < -0.4 is 20.5 Å². The third-order valence-electron chi connectivity index (χ3n) is 7.29. The molecule has 0 aliphatic heterocycles. The van der Waals surface area contributed by atoms with E-state index in [0.717, 1.165) is 55.9 Å². The Labute approximate surface area is 213 Å². The number of aromatic nitrogens is 2. The zero-order valence-electron chi connectivity index (χ0n) is 21.2. The number of carbonyl (C=O) groups excluding carboxylic acids is 1. The molecule has 1 amide bonds. The minimum Gasteiger partial charge on any atom is -0.379 e. The maximum absolute atomic E-state index is 12.4. The molecule has 2 aliphatic rings. The van der Waals surface area contributed by atoms with Gasteiger partial charge >= 0.3 is 0 Å². The van der Waals surface area contributed by atoms with E-state index in [1.165, 1.54) is 24.1 Å². The Hall–Kier alpha value is -3.61. The third-order valence-corrected chi connectivity index (χ3v) is 7.29. The highest BCUT2D eigenvalue weighted by Gasteiger charge is 2.26. The smallest absolute Gasteiger partial charge is 0.283 e. The fraction of sp³-hybridized carbons (Fsp3) is 0.414. The summed E-state index contributed by atoms with van der Waals surface area (Å²) in [6.45, 7) is 0. The molecule has 1 aromatic heterocycles. The first-order valence-corrected chi connectivity index (χ1v) is 13.0. The number of hydrogen-bond acceptors (Lipinski definition) is 6. The standard InChI is InChI=1S/C29H35N5O2/c1-34(2)27-24-13-6-8-14-25(24)31-29(32-27)30-22-18-16-20(17-19-22)23-12-7-9-15-26(23)36-33-28(35)21-10-4-3-5-11-21/h3-5,7,9-12,15,20,22H,6,8,13-14,16-19H2,1-2H3,(H,33,35)(H,30,31,32)/t20-,22+. The molecular weight excluding hydrogens is 450 g/mol. The Morgan fingerprint density at radius 2 is 1.64 bits per heavy atom. The lowest BCUT2D eigenvalue weighted by atomic mass is 9.81. The quantitative estimate of drug-likeness (QED) is 0.443. The number of hydroxylamine groups is 1. The number of anilines is 2. The molecule has 36 heavy (non-hydrogen) atoms. The Morgan fingerprint density at radius 1 is 0.917 bits per heavy atom. The van der Waals surface area contributed by atoms with Crippen LogP contribution in [0.2, 0.25) is 0 Å². The van der Waals surface area contributed by atoms with Crippen molar-refractivity contribution in [2.75, 3.05) is 24.3 Å². The molecule has 2 N–H and O–H groups in total. The second kappa shape index (κ2) is 11.0. The molecule has 0 atom stereocenters. The summed E-state index contributed by atoms with van der Waals surface area (Å²) in [6, 6.07) is 17.5. The van der Waals surface area contributed by atoms with E-state index < -0.39 is 0 Å². The SMILES string of the molecule is CN(C)c1nc(N[C@H]2CC[C@@H](c3ccccc3ONC(=O)c3ccccc3)CC2)nc2c1CCCC2. The van der Waals surface area contributed by atoms with Gasteiger partial charge in [0.15, 0.2) is 5.75 Å². The van der Waals surface area contributed by atoms with Crippen LogP contribution in [0.5, 0.6) is 5.75 Å². The van der Waals surface area contributed by atoms with E-state index in [1.54, 1.807) is 12.1 Å². The predicted molar refractivity (Wildman–Crippen MR) is 143 cm³/mol. The van der Waals surface area contributed by atoms with Crippen LogP contribution >= 0.6 is 0 Å². The molecule has 3 aromatic rings. The Balaban J connectivity index is 1.21. The monoisotopic (exact) mass is 485 g/mol. The van der Waals surface area contributed by atoms with Crippen LogP contribution in [0.15, 0.2) is 54.6 Å². The van der Waals surface area contributed by atoms with Crippen molar-refractivity contribution in [3.05, 3.63) is 77.0 Å². The van der Waals surface area contributed by atoms with E-state index in [-0.39, 0.29) is 5.91 Å². The number of nitrogens with zero attached hydrogens (tertiary/aromatic N) is 3. The first kappa shape index (κ1) is 24.1. The van der Waals surface area contributed by atoms with Gasteiger partial charge in [0.05, 0.1) is 5.69 Å². The number of hydrogen-bond donors (Lipinski definition) is 2. The summed E-state index contributed by atoms with van der Waals surface area (Å²) < 4.78 is 0. The largest absolute Gasteiger partial charge is 0.379 e. The molecule has 7 heteroatoms. The van der Waals surface area contributed by atoms with Gasteiger partial charge in [-0.3, -0.25) is 4.79 Å². The molecule has 1 heterocycles. The molecule has 0 saturated heterocycles. The van der Waals surface area contributed by atoms with E-state index in [2.05, 4.69) is 35.9 Å². The lowest BCUT2D eigenvalue weighted by Crippen LogP contribution is -2.29. The van der Waals surface area contributed by atoms with E-state index in [1.807, 2.05) is 36.4 Å². The van der Waals surface area contributed by atoms with Gasteiger partial charge in [-0.05, 0) is 75.5 Å². The highest BCUT2D eigenvalue weighted by Crippen LogP contribution is 2.38. The van der Waals surface area contributed by atoms with Crippen LogP contribution in [-0.4, -0.2) is 36.0 Å². The first-order chi connectivity index (χ1) is 17.6. The fourth-order valence-electron chi connectivity index (χ4n) is 5.40. The maximum Gasteiger partial charge on any atom is 0.283 e. The van der Waals surface area contributed by atoms with Gasteiger partial charge in [-0.1, -0.05) is 36.4 Å². The summed E-state index contributed by atoms with van der Waals surface area (Å²) in [5.74, 6) is 2.66. The third kappa shape index (κ3) is 5.45. The van der Waals surface area contributed by atoms with Crippen molar-refractivity contribution >= 4 is 17.7 Å². The number of nitrogens with one attached hydrogen (secondary N) is 2. The van der Waals surface area contributed by atoms with Crippen molar-refractivity contribution in [1.29, 1.82) is 0 Å². The zero-order valence-corrected chi connectivity index (χ0v) is 21.2. The number of aryl methyl sites for hydroxylation is 1. The van der Waals surface area contributed by atoms with Gasteiger partial charge in [0, 0.05) is 36.8 Å². The van der Waals surface area contributed by atoms with Crippen molar-refractivity contribution < 1.29 is 9.63 Å². The number of amides is 1. The minimum absolute atomic E-state index is 0.250. The fourth-order valence-corrected chi connectivity index (χ4v) is 5.40. The summed E-state index contributed by atoms with van der Waals surface area (Å²) in [6.07, 6.45) is 8.68. The topological polar surface area (TPSA) is 79.4 Å². The molecule has 188 valence electrons. The van der Waals surface area contributed by atoms with Crippen molar-refractivity contribution in [2.24, 2.45) is 0 Å².